The van der Waals surface area contributed by atoms with Crippen molar-refractivity contribution < 1.29 is 38.0 Å². The van der Waals surface area contributed by atoms with E-state index < -0.39 is 0 Å². The van der Waals surface area contributed by atoms with Crippen LogP contribution in [0, 0.1) is 0 Å². The largest absolute Gasteiger partial charge is 0.382 e. The van der Waals surface area contributed by atoms with Crippen LogP contribution in [0.1, 0.15) is 203 Å². The van der Waals surface area contributed by atoms with Crippen molar-refractivity contribution in [3.8, 4) is 21.1 Å². The Labute approximate surface area is 500 Å². The predicted molar refractivity (Wildman–Crippen MR) is 332 cm³/mol. The molecule has 16 nitrogen and oxygen atoms in total. The highest BCUT2D eigenvalue weighted by Crippen LogP contribution is 2.49. The third-order valence-corrected chi connectivity index (χ3v) is 17.7. The zero-order valence-electron chi connectivity index (χ0n) is 50.8. The molecule has 0 radical (unpaired) electrons. The molecule has 2 amide bonds. The van der Waals surface area contributed by atoms with E-state index in [1.165, 1.54) is 190 Å². The van der Waals surface area contributed by atoms with E-state index in [0.717, 1.165) is 56.8 Å². The van der Waals surface area contributed by atoms with Crippen LogP contribution in [0.25, 0.3) is 32.5 Å². The summed E-state index contributed by atoms with van der Waals surface area (Å²) in [6.07, 6.45) is 40.9. The number of rotatable bonds is 52. The highest BCUT2D eigenvalue weighted by molar-refractivity contribution is 7.17. The molecule has 0 aliphatic carbocycles. The molecule has 458 valence electrons. The topological polar surface area (TPSA) is 157 Å². The number of ether oxygens (including phenoxy) is 6. The highest BCUT2D eigenvalue weighted by Gasteiger charge is 2.49. The number of unbranched alkanes of at least 4 members (excludes halogenated alkanes) is 26. The van der Waals surface area contributed by atoms with Crippen LogP contribution in [-0.2, 0) is 51.1 Å². The molecule has 0 saturated heterocycles. The summed E-state index contributed by atoms with van der Waals surface area (Å²) in [4.78, 5) is 37.1. The summed E-state index contributed by atoms with van der Waals surface area (Å²) in [6.45, 7) is 10.6. The number of aromatic nitrogens is 6. The van der Waals surface area contributed by atoms with E-state index in [-0.39, 0.29) is 38.1 Å². The number of methoxy groups -OCH3 is 2. The van der Waals surface area contributed by atoms with Gasteiger partial charge in [0.15, 0.2) is 0 Å². The Morgan fingerprint density at radius 1 is 0.366 bits per heavy atom. The Balaban J connectivity index is 1.12. The second kappa shape index (κ2) is 41.0. The van der Waals surface area contributed by atoms with Crippen LogP contribution in [0.15, 0.2) is 47.8 Å². The summed E-state index contributed by atoms with van der Waals surface area (Å²) in [7, 11) is 3.28. The van der Waals surface area contributed by atoms with E-state index in [4.69, 9.17) is 28.4 Å². The molecule has 4 aromatic heterocycles. The van der Waals surface area contributed by atoms with E-state index in [2.05, 4.69) is 34.5 Å². The van der Waals surface area contributed by atoms with Crippen LogP contribution in [0.2, 0.25) is 0 Å². The van der Waals surface area contributed by atoms with Gasteiger partial charge in [-0.15, -0.1) is 32.9 Å². The maximum atomic E-state index is 15.1. The van der Waals surface area contributed by atoms with Gasteiger partial charge in [0, 0.05) is 40.4 Å². The van der Waals surface area contributed by atoms with E-state index in [1.54, 1.807) is 24.0 Å². The second-order valence-electron chi connectivity index (χ2n) is 22.0. The Morgan fingerprint density at radius 2 is 0.659 bits per heavy atom. The first-order chi connectivity index (χ1) is 40.5. The minimum absolute atomic E-state index is 0.243. The fourth-order valence-electron chi connectivity index (χ4n) is 10.8. The molecule has 2 aliphatic rings. The normalized spacial score (nSPS) is 13.7. The minimum atomic E-state index is -0.244. The van der Waals surface area contributed by atoms with Crippen molar-refractivity contribution >= 4 is 45.9 Å². The first-order valence-electron chi connectivity index (χ1n) is 31.9. The maximum absolute atomic E-state index is 15.1. The molecule has 0 bridgehead atoms. The predicted octanol–water partition coefficient (Wildman–Crippen LogP) is 14.5. The summed E-state index contributed by atoms with van der Waals surface area (Å²) in [5.41, 5.74) is 3.45. The molecular weight excluding hydrogens is 1070 g/mol. The number of amides is 2. The molecule has 0 fully saturated rings. The lowest BCUT2D eigenvalue weighted by molar-refractivity contribution is -0.124. The smallest absolute Gasteiger partial charge is 0.261 e. The Morgan fingerprint density at radius 3 is 0.988 bits per heavy atom. The molecule has 0 unspecified atom stereocenters. The van der Waals surface area contributed by atoms with Crippen molar-refractivity contribution in [3.63, 3.8) is 0 Å². The zero-order valence-corrected chi connectivity index (χ0v) is 52.5. The second-order valence-corrected chi connectivity index (χ2v) is 24.2. The number of carbonyl (C=O) groups is 2. The van der Waals surface area contributed by atoms with Gasteiger partial charge in [-0.25, -0.2) is 0 Å². The summed E-state index contributed by atoms with van der Waals surface area (Å²) in [6, 6.07) is 8.03. The third kappa shape index (κ3) is 23.0. The molecule has 0 spiro atoms. The zero-order chi connectivity index (χ0) is 57.7. The van der Waals surface area contributed by atoms with Gasteiger partial charge in [0.25, 0.3) is 11.8 Å². The fourth-order valence-corrected chi connectivity index (χ4v) is 12.8. The quantitative estimate of drug-likeness (QED) is 0.0386. The summed E-state index contributed by atoms with van der Waals surface area (Å²) >= 11 is 3.02. The molecule has 6 heterocycles. The summed E-state index contributed by atoms with van der Waals surface area (Å²) < 4.78 is 37.4. The lowest BCUT2D eigenvalue weighted by Crippen LogP contribution is -2.33. The lowest BCUT2D eigenvalue weighted by atomic mass is 10.0. The average Bonchev–Trinajstić information content (AvgIpc) is 2.16. The number of thiophene rings is 2. The van der Waals surface area contributed by atoms with Crippen molar-refractivity contribution in [3.05, 3.63) is 57.6 Å². The van der Waals surface area contributed by atoms with Gasteiger partial charge in [-0.3, -0.25) is 19.0 Å². The lowest BCUT2D eigenvalue weighted by Gasteiger charge is -2.24. The molecule has 6 rings (SSSR count). The van der Waals surface area contributed by atoms with Crippen molar-refractivity contribution in [1.82, 2.24) is 39.8 Å². The molecule has 2 aliphatic heterocycles. The Hall–Kier alpha value is -4.14. The minimum Gasteiger partial charge on any atom is -0.382 e. The van der Waals surface area contributed by atoms with Gasteiger partial charge < -0.3 is 38.2 Å². The standard InChI is InChI=1S/C64H102N8O8S2/c1-5-7-9-11-13-15-17-19-21-23-25-27-29-31-37-69-51-53(65-67-69)55-33-35-57(81-55)61-59-60(64(74)71(61)39-41-77-47-49-79-45-43-75-3)62(72(63(59)73)40-42-78-48-50-80-46-44-76-4)58-36-34-56(82-58)54-52-70(68-66-54)38-32-30-28-26-24-22-20-18-16-14-12-10-8-6-2/h33-36,51-52H,5-32,37-50H2,1-4H3. The van der Waals surface area contributed by atoms with Gasteiger partial charge in [0.1, 0.15) is 11.4 Å². The Kier molecular flexibility index (Phi) is 33.5. The molecule has 18 heteroatoms. The van der Waals surface area contributed by atoms with Crippen molar-refractivity contribution in [2.45, 2.75) is 207 Å². The van der Waals surface area contributed by atoms with Crippen LogP contribution in [0.4, 0.5) is 0 Å². The molecule has 0 saturated carbocycles. The number of hydrogen-bond acceptors (Lipinski definition) is 14. The van der Waals surface area contributed by atoms with Gasteiger partial charge in [-0.2, -0.15) is 0 Å². The molecule has 0 N–H and O–H groups in total. The maximum Gasteiger partial charge on any atom is 0.261 e. The first-order valence-corrected chi connectivity index (χ1v) is 33.5. The Bertz CT molecular complexity index is 2260. The van der Waals surface area contributed by atoms with Crippen LogP contribution >= 0.6 is 22.7 Å². The summed E-state index contributed by atoms with van der Waals surface area (Å²) in [5.74, 6) is -0.488. The SMILES string of the molecule is CCCCCCCCCCCCCCCCn1cc(-c2ccc(C3=C4C(=O)N(CCOCCOCCOC)C(c5ccc(-c6cn(CCCCCCCCCCCCCCCC)nn6)s5)=C4C(=O)N3CCOCCOCCOC)s2)nn1. The van der Waals surface area contributed by atoms with E-state index in [9.17, 15) is 0 Å². The fraction of sp³-hybridized carbons (Fsp3) is 0.719. The molecule has 82 heavy (non-hydrogen) atoms. The number of aryl methyl sites for hydroxylation is 2. The van der Waals surface area contributed by atoms with Crippen molar-refractivity contribution in [1.29, 1.82) is 0 Å². The van der Waals surface area contributed by atoms with Gasteiger partial charge in [0.05, 0.1) is 121 Å². The van der Waals surface area contributed by atoms with Crippen molar-refractivity contribution in [2.75, 3.05) is 93.4 Å². The van der Waals surface area contributed by atoms with Gasteiger partial charge in [-0.1, -0.05) is 191 Å². The summed E-state index contributed by atoms with van der Waals surface area (Å²) in [5, 5.41) is 18.2. The average molecular weight is 1180 g/mol. The van der Waals surface area contributed by atoms with Crippen LogP contribution in [0.5, 0.6) is 0 Å². The molecule has 0 atom stereocenters. The van der Waals surface area contributed by atoms with Crippen LogP contribution in [-0.4, -0.2) is 145 Å². The van der Waals surface area contributed by atoms with Crippen molar-refractivity contribution in [2.24, 2.45) is 0 Å². The number of fused-ring (bicyclic) bond motifs is 1. The van der Waals surface area contributed by atoms with Gasteiger partial charge in [-0.05, 0) is 37.1 Å². The number of nitrogens with zero attached hydrogens (tertiary/aromatic N) is 8. The van der Waals surface area contributed by atoms with Gasteiger partial charge in [0.2, 0.25) is 0 Å². The van der Waals surface area contributed by atoms with E-state index in [0.29, 0.717) is 75.4 Å². The molecular formula is C64H102N8O8S2. The van der Waals surface area contributed by atoms with E-state index in [1.807, 2.05) is 46.0 Å². The number of hydrogen-bond donors (Lipinski definition) is 0. The highest BCUT2D eigenvalue weighted by atomic mass is 32.1. The van der Waals surface area contributed by atoms with E-state index >= 15 is 9.59 Å². The molecule has 0 aromatic carbocycles. The van der Waals surface area contributed by atoms with Crippen LogP contribution in [0.3, 0.4) is 0 Å². The third-order valence-electron chi connectivity index (χ3n) is 15.5. The number of carbonyl (C=O) groups excluding carboxylic acids is 2. The monoisotopic (exact) mass is 1170 g/mol. The van der Waals surface area contributed by atoms with Crippen LogP contribution < -0.4 is 0 Å². The van der Waals surface area contributed by atoms with Gasteiger partial charge >= 0.3 is 0 Å². The first kappa shape index (κ1) is 67.0. The molecule has 4 aromatic rings.